The first kappa shape index (κ1) is 47.5. The van der Waals surface area contributed by atoms with Crippen LogP contribution in [0.5, 0.6) is 0 Å². The molecule has 350 valence electrons. The van der Waals surface area contributed by atoms with E-state index >= 15 is 0 Å². The number of halogens is 1. The quantitative estimate of drug-likeness (QED) is 0.0276. The topological polar surface area (TPSA) is 122 Å². The van der Waals surface area contributed by atoms with Crippen LogP contribution in [0.2, 0.25) is 0 Å². The van der Waals surface area contributed by atoms with Crippen LogP contribution in [-0.4, -0.2) is 70.6 Å². The molecule has 7 aromatic rings. The molecule has 2 amide bonds. The number of rotatable bonds is 14. The van der Waals surface area contributed by atoms with E-state index in [1.54, 1.807) is 26.2 Å². The summed E-state index contributed by atoms with van der Waals surface area (Å²) in [4.78, 5) is 55.7. The average Bonchev–Trinajstić information content (AvgIpc) is 3.84. The Kier molecular flexibility index (Phi) is 13.1. The molecule has 10 nitrogen and oxygen atoms in total. The van der Waals surface area contributed by atoms with Crippen molar-refractivity contribution in [3.63, 3.8) is 0 Å². The van der Waals surface area contributed by atoms with Gasteiger partial charge in [-0.1, -0.05) is 91.0 Å². The van der Waals surface area contributed by atoms with Gasteiger partial charge in [0, 0.05) is 0 Å². The molecule has 1 aromatic heterocycles. The van der Waals surface area contributed by atoms with E-state index < -0.39 is 47.0 Å². The van der Waals surface area contributed by atoms with Crippen molar-refractivity contribution in [2.45, 2.75) is 44.0 Å². The molecule has 1 saturated heterocycles. The first-order valence-electron chi connectivity index (χ1n) is 22.4. The number of nitrogens with zero attached hydrogens (tertiary/aromatic N) is 3. The van der Waals surface area contributed by atoms with Crippen molar-refractivity contribution >= 4 is 89.7 Å². The molecule has 0 spiro atoms. The van der Waals surface area contributed by atoms with Crippen molar-refractivity contribution in [3.05, 3.63) is 215 Å². The van der Waals surface area contributed by atoms with Gasteiger partial charge in [0.25, 0.3) is 0 Å². The Labute approximate surface area is 415 Å². The van der Waals surface area contributed by atoms with Gasteiger partial charge < -0.3 is 5.32 Å². The molecule has 0 aliphatic carbocycles. The Hall–Kier alpha value is -6.56. The van der Waals surface area contributed by atoms with Crippen LogP contribution in [0.1, 0.15) is 48.7 Å². The molecule has 69 heavy (non-hydrogen) atoms. The molecule has 0 radical (unpaired) electrons. The molecule has 2 N–H and O–H groups in total. The summed E-state index contributed by atoms with van der Waals surface area (Å²) in [5, 5.41) is 15.8. The van der Waals surface area contributed by atoms with E-state index in [9.17, 15) is 14.4 Å². The van der Waals surface area contributed by atoms with Crippen LogP contribution in [0, 0.1) is 0 Å². The summed E-state index contributed by atoms with van der Waals surface area (Å²) in [6.45, 7) is 7.47. The van der Waals surface area contributed by atoms with Crippen molar-refractivity contribution in [2.75, 3.05) is 24.8 Å². The number of anilines is 1. The van der Waals surface area contributed by atoms with Crippen LogP contribution >= 0.6 is 40.3 Å². The number of amides is 2. The second kappa shape index (κ2) is 19.1. The first-order valence-corrected chi connectivity index (χ1v) is 27.9. The van der Waals surface area contributed by atoms with Gasteiger partial charge in [-0.3, -0.25) is 0 Å². The first-order chi connectivity index (χ1) is 33.2. The fourth-order valence-electron chi connectivity index (χ4n) is 9.23. The summed E-state index contributed by atoms with van der Waals surface area (Å²) < 4.78 is 6.05. The average molecular weight is 993 g/mol. The van der Waals surface area contributed by atoms with Gasteiger partial charge in [0.05, 0.1) is 0 Å². The van der Waals surface area contributed by atoms with Crippen LogP contribution in [0.15, 0.2) is 192 Å². The van der Waals surface area contributed by atoms with E-state index in [4.69, 9.17) is 25.8 Å². The summed E-state index contributed by atoms with van der Waals surface area (Å²) in [5.74, 6) is -5.18. The van der Waals surface area contributed by atoms with E-state index in [1.165, 1.54) is 35.1 Å². The number of nitrogens with one attached hydrogen (secondary N) is 2. The van der Waals surface area contributed by atoms with Crippen LogP contribution in [0.25, 0.3) is 4.91 Å². The minimum absolute atomic E-state index is 0.102. The fraction of sp³-hybridized carbons (Fsp3) is 0.182. The Morgan fingerprint density at radius 3 is 1.75 bits per heavy atom. The van der Waals surface area contributed by atoms with Gasteiger partial charge in [-0.25, -0.2) is 0 Å². The summed E-state index contributed by atoms with van der Waals surface area (Å²) in [6, 6.07) is 56.7. The predicted octanol–water partition coefficient (Wildman–Crippen LogP) is 9.66. The van der Waals surface area contributed by atoms with Crippen LogP contribution in [-0.2, 0) is 29.5 Å². The molecule has 2 atom stereocenters. The molecule has 3 heterocycles. The molecule has 0 saturated carbocycles. The van der Waals surface area contributed by atoms with Crippen molar-refractivity contribution < 1.29 is 24.0 Å². The molecule has 0 bridgehead atoms. The standard InChI is InChI=1S/C55H51ClN5O5PS2/c1-54(2,3)66-52(64)48-49(42-33-21-22-34-45(42)67(5,56,40-29-17-9-18-30-40)41-31-19-10-20-32-41)68-36-44-47(51(63)61(44)48)58-50(62)46(60-65-4)43-35-69-53(57-43)59-55(37-23-11-6-12-24-37,38-25-13-7-14-26-38)39-27-15-8-16-28-39/h6-35,44,47H,36H2,1-5H3,(H,57,59)(H,58,62)/b60-46-. The summed E-state index contributed by atoms with van der Waals surface area (Å²) >= 11 is 11.0. The Morgan fingerprint density at radius 1 is 0.754 bits per heavy atom. The van der Waals surface area contributed by atoms with Gasteiger partial charge in [-0.05, 0) is 16.7 Å². The minimum Gasteiger partial charge on any atom is -0.344 e. The summed E-state index contributed by atoms with van der Waals surface area (Å²) in [7, 11) is 1.35. The SMILES string of the molecule is CO/N=C(\C(=O)NC1C(=O)N2C(C(=O)OC(C)(C)C)=C(c3ccccc3P(C)(Cl)(c3ccccc3)c3ccccc3)SCC12)c1csc(NC(c2ccccc2)(c2ccccc2)c2ccccc2)n1. The third kappa shape index (κ3) is 8.76. The van der Waals surface area contributed by atoms with E-state index in [2.05, 4.69) is 58.9 Å². The number of β-lactam (4-membered cyclic amide) rings is 1. The number of benzene rings is 6. The smallest absolute Gasteiger partial charge is 0.344 e. The van der Waals surface area contributed by atoms with Gasteiger partial charge in [-0.15, -0.1) is 11.3 Å². The second-order valence-electron chi connectivity index (χ2n) is 18.0. The molecule has 2 aliphatic heterocycles. The normalized spacial score (nSPS) is 16.9. The van der Waals surface area contributed by atoms with Crippen LogP contribution < -0.4 is 26.5 Å². The van der Waals surface area contributed by atoms with E-state index in [1.807, 2.05) is 140 Å². The molecule has 1 fully saturated rings. The van der Waals surface area contributed by atoms with Crippen LogP contribution in [0.4, 0.5) is 5.13 Å². The molecular weight excluding hydrogens is 941 g/mol. The number of fused-ring (bicyclic) bond motifs is 1. The number of carbonyl (C=O) groups is 3. The fourth-order valence-corrected chi connectivity index (χ4v) is 16.3. The van der Waals surface area contributed by atoms with Gasteiger partial charge >= 0.3 is 276 Å². The third-order valence-corrected chi connectivity index (χ3v) is 20.7. The minimum atomic E-state index is -3.75. The van der Waals surface area contributed by atoms with E-state index in [0.717, 1.165) is 38.2 Å². The maximum absolute atomic E-state index is 14.6. The molecule has 14 heteroatoms. The number of hydrogen-bond acceptors (Lipinski definition) is 10. The zero-order valence-electron chi connectivity index (χ0n) is 38.7. The monoisotopic (exact) mass is 991 g/mol. The summed E-state index contributed by atoms with van der Waals surface area (Å²) in [5.41, 5.74) is 2.17. The zero-order chi connectivity index (χ0) is 48.4. The Bertz CT molecular complexity index is 2940. The molecule has 9 rings (SSSR count). The molecule has 6 aromatic carbocycles. The van der Waals surface area contributed by atoms with Gasteiger partial charge in [-0.2, -0.15) is 0 Å². The number of hydrogen-bond donors (Lipinski definition) is 2. The van der Waals surface area contributed by atoms with Gasteiger partial charge in [0.1, 0.15) is 12.6 Å². The maximum atomic E-state index is 14.6. The van der Waals surface area contributed by atoms with Crippen LogP contribution in [0.3, 0.4) is 0 Å². The number of oxime groups is 1. The number of carbonyl (C=O) groups excluding carboxylic acids is 3. The predicted molar refractivity (Wildman–Crippen MR) is 283 cm³/mol. The van der Waals surface area contributed by atoms with E-state index in [0.29, 0.717) is 15.8 Å². The second-order valence-corrected chi connectivity index (χ2v) is 26.8. The van der Waals surface area contributed by atoms with E-state index in [-0.39, 0.29) is 17.1 Å². The van der Waals surface area contributed by atoms with Crippen molar-refractivity contribution in [2.24, 2.45) is 5.16 Å². The molecule has 2 unspecified atom stereocenters. The Balaban J connectivity index is 1.05. The number of esters is 1. The van der Waals surface area contributed by atoms with Gasteiger partial charge in [0.2, 0.25) is 0 Å². The number of thioether (sulfide) groups is 1. The summed E-state index contributed by atoms with van der Waals surface area (Å²) in [6.07, 6.45) is 0. The zero-order valence-corrected chi connectivity index (χ0v) is 42.0. The van der Waals surface area contributed by atoms with Crippen molar-refractivity contribution in [3.8, 4) is 0 Å². The Morgan fingerprint density at radius 2 is 1.25 bits per heavy atom. The number of aromatic nitrogens is 1. The number of ether oxygens (including phenoxy) is 1. The molecule has 2 aliphatic rings. The molecular formula is C55H51ClN5O5PS2. The van der Waals surface area contributed by atoms with Crippen molar-refractivity contribution in [1.82, 2.24) is 15.2 Å². The van der Waals surface area contributed by atoms with Gasteiger partial charge in [0.15, 0.2) is 5.13 Å². The third-order valence-electron chi connectivity index (χ3n) is 12.5. The van der Waals surface area contributed by atoms with Crippen molar-refractivity contribution in [1.29, 1.82) is 0 Å². The number of thiazole rings is 1.